The van der Waals surface area contributed by atoms with Gasteiger partial charge in [-0.05, 0) is 31.2 Å². The van der Waals surface area contributed by atoms with E-state index in [0.29, 0.717) is 7.15 Å². The molecule has 0 saturated heterocycles. The summed E-state index contributed by atoms with van der Waals surface area (Å²) in [7, 11) is -5.81. The van der Waals surface area contributed by atoms with Crippen LogP contribution in [0.5, 0.6) is 0 Å². The predicted octanol–water partition coefficient (Wildman–Crippen LogP) is -0.595. The van der Waals surface area contributed by atoms with Crippen LogP contribution >= 0.6 is 0 Å². The van der Waals surface area contributed by atoms with Crippen molar-refractivity contribution in [2.45, 2.75) is 12.4 Å². The van der Waals surface area contributed by atoms with Gasteiger partial charge in [0.15, 0.2) is 7.14 Å². The van der Waals surface area contributed by atoms with Gasteiger partial charge in [-0.25, -0.2) is 0 Å². The van der Waals surface area contributed by atoms with Crippen LogP contribution in [0.1, 0.15) is 11.1 Å². The lowest BCUT2D eigenvalue weighted by molar-refractivity contribution is -0.763. The Bertz CT molecular complexity index is 1100. The molecule has 3 aromatic rings. The van der Waals surface area contributed by atoms with E-state index in [9.17, 15) is 21.6 Å². The van der Waals surface area contributed by atoms with Crippen LogP contribution in [0.2, 0.25) is 0 Å². The minimum atomic E-state index is -5.81. The molecule has 0 heterocycles. The number of aryl methyl sites for hydroxylation is 1. The number of benzene rings is 3. The van der Waals surface area contributed by atoms with Gasteiger partial charge in [-0.15, -0.1) is 0 Å². The van der Waals surface area contributed by atoms with E-state index in [1.165, 1.54) is 0 Å². The molecule has 0 amide bonds. The summed E-state index contributed by atoms with van der Waals surface area (Å²) in [5, 5.41) is 0. The van der Waals surface area contributed by atoms with Gasteiger partial charge in [0.25, 0.3) is 5.76 Å². The van der Waals surface area contributed by atoms with Crippen molar-refractivity contribution in [2.24, 2.45) is 0 Å². The highest BCUT2D eigenvalue weighted by Gasteiger charge is 2.51. The maximum atomic E-state index is 13.2. The summed E-state index contributed by atoms with van der Waals surface area (Å²) in [6.45, 7) is 1.84. The summed E-state index contributed by atoms with van der Waals surface area (Å²) in [5.41, 5.74) is -4.29. The molecule has 0 radical (unpaired) electrons. The maximum Gasteiger partial charge on any atom is 0.534 e. The molecule has 0 aliphatic heterocycles. The highest BCUT2D eigenvalue weighted by Crippen LogP contribution is 2.29. The third-order valence-electron chi connectivity index (χ3n) is 3.81. The Morgan fingerprint density at radius 1 is 0.774 bits per heavy atom. The van der Waals surface area contributed by atoms with Gasteiger partial charge in [-0.1, -0.05) is 66.2 Å². The maximum absolute atomic E-state index is 13.2. The van der Waals surface area contributed by atoms with E-state index >= 15 is 0 Å². The number of hydrogen-bond acceptors (Lipinski definition) is 3. The van der Waals surface area contributed by atoms with Crippen molar-refractivity contribution >= 4 is 15.9 Å². The Hall–Kier alpha value is -1.60. The molecule has 0 fully saturated rings. The molecule has 0 aliphatic rings. The first kappa shape index (κ1) is 24.1. The average molecular weight is 672 g/mol. The Balaban J connectivity index is 2.18. The van der Waals surface area contributed by atoms with Gasteiger partial charge in [-0.3, -0.25) is 0 Å². The fraction of sp³-hybridized carbons (Fsp3) is 0.0909. The summed E-state index contributed by atoms with van der Waals surface area (Å²) in [6, 6.07) is 25.3. The minimum absolute atomic E-state index is 0.203. The normalized spacial score (nSPS) is 11.7. The van der Waals surface area contributed by atoms with Crippen LogP contribution in [0.3, 0.4) is 0 Å². The molecule has 0 aromatic heterocycles. The van der Waals surface area contributed by atoms with Crippen LogP contribution in [-0.4, -0.2) is 13.9 Å². The molecule has 3 nitrogen and oxygen atoms in total. The van der Waals surface area contributed by atoms with Crippen LogP contribution in [0.15, 0.2) is 86.5 Å². The van der Waals surface area contributed by atoms with E-state index < -0.39 is 58.0 Å². The molecule has 0 bridgehead atoms. The van der Waals surface area contributed by atoms with Crippen molar-refractivity contribution < 1.29 is 68.2 Å². The lowest BCUT2D eigenvalue weighted by Crippen LogP contribution is -3.81. The first-order valence-electron chi connectivity index (χ1n) is 8.87. The zero-order chi connectivity index (χ0) is 22.5. The molecule has 162 valence electrons. The molecule has 0 spiro atoms. The van der Waals surface area contributed by atoms with E-state index in [4.69, 9.17) is 4.18 Å². The van der Waals surface area contributed by atoms with Gasteiger partial charge in [-0.2, -0.15) is 21.6 Å². The fourth-order valence-corrected chi connectivity index (χ4v) is 11.0. The molecule has 0 aliphatic carbocycles. The average Bonchev–Trinajstić information content (AvgIpc) is 2.73. The van der Waals surface area contributed by atoms with Crippen LogP contribution in [0.25, 0.3) is 5.76 Å². The standard InChI is InChI=1S/C22H17F3I2O3S/c1-16-12-14-17(15-13-16)20(30-31(28,29)22(23,24)25)21(26-18-8-4-2-5-9-18)27-19-10-6-3-7-11-19/h2-15H,1H3/q+2. The van der Waals surface area contributed by atoms with Crippen molar-refractivity contribution in [2.75, 3.05) is 0 Å². The van der Waals surface area contributed by atoms with E-state index in [1.807, 2.05) is 67.6 Å². The van der Waals surface area contributed by atoms with E-state index in [1.54, 1.807) is 24.3 Å². The second-order valence-corrected chi connectivity index (χ2v) is 15.5. The largest absolute Gasteiger partial charge is 0.534 e. The lowest BCUT2D eigenvalue weighted by atomic mass is 10.1. The first-order valence-corrected chi connectivity index (χ1v) is 14.6. The first-order chi connectivity index (χ1) is 14.7. The molecule has 0 saturated carbocycles. The van der Waals surface area contributed by atoms with Crippen LogP contribution in [0.4, 0.5) is 13.2 Å². The van der Waals surface area contributed by atoms with Gasteiger partial charge in [0, 0.05) is 5.56 Å². The Kier molecular flexibility index (Phi) is 8.03. The smallest absolute Gasteiger partial charge is 0.366 e. The summed E-state index contributed by atoms with van der Waals surface area (Å²) >= 11 is -1.92. The predicted molar refractivity (Wildman–Crippen MR) is 104 cm³/mol. The van der Waals surface area contributed by atoms with Crippen LogP contribution < -0.4 is 42.4 Å². The third kappa shape index (κ3) is 6.69. The van der Waals surface area contributed by atoms with Crippen molar-refractivity contribution in [3.8, 4) is 0 Å². The van der Waals surface area contributed by atoms with Crippen molar-refractivity contribution in [1.29, 1.82) is 0 Å². The number of rotatable bonds is 7. The zero-order valence-corrected chi connectivity index (χ0v) is 21.2. The third-order valence-corrected chi connectivity index (χ3v) is 12.1. The van der Waals surface area contributed by atoms with E-state index in [0.717, 1.165) is 12.7 Å². The quantitative estimate of drug-likeness (QED) is 0.146. The number of halogens is 5. The SMILES string of the molecule is Cc1ccc(C(OS(=O)(=O)C(F)(F)F)=C([I+]c2ccccc2)[I+]c2ccccc2)cc1. The monoisotopic (exact) mass is 672 g/mol. The summed E-state index contributed by atoms with van der Waals surface area (Å²) in [5.74, 6) is -0.203. The Morgan fingerprint density at radius 2 is 1.23 bits per heavy atom. The molecule has 0 atom stereocenters. The van der Waals surface area contributed by atoms with Gasteiger partial charge < -0.3 is 4.18 Å². The Morgan fingerprint density at radius 3 is 1.65 bits per heavy atom. The molecular weight excluding hydrogens is 655 g/mol. The topological polar surface area (TPSA) is 43.4 Å². The molecule has 3 rings (SSSR count). The lowest BCUT2D eigenvalue weighted by Gasteiger charge is -2.10. The molecule has 0 N–H and O–H groups in total. The van der Waals surface area contributed by atoms with Crippen LogP contribution in [0, 0.1) is 14.1 Å². The summed E-state index contributed by atoms with van der Waals surface area (Å²) in [4.78, 5) is 0. The van der Waals surface area contributed by atoms with Crippen molar-refractivity contribution in [3.63, 3.8) is 0 Å². The van der Waals surface area contributed by atoms with E-state index in [-0.39, 0.29) is 5.76 Å². The molecule has 3 aromatic carbocycles. The van der Waals surface area contributed by atoms with Crippen molar-refractivity contribution in [3.05, 3.63) is 105 Å². The van der Waals surface area contributed by atoms with Crippen molar-refractivity contribution in [1.82, 2.24) is 0 Å². The van der Waals surface area contributed by atoms with Crippen LogP contribution in [-0.2, 0) is 14.3 Å². The molecular formula is C22H17F3I2O3S+2. The molecule has 0 unspecified atom stereocenters. The summed E-state index contributed by atoms with van der Waals surface area (Å²) in [6.07, 6.45) is 0. The van der Waals surface area contributed by atoms with Gasteiger partial charge in [0.05, 0.1) is 0 Å². The minimum Gasteiger partial charge on any atom is -0.366 e. The highest BCUT2D eigenvalue weighted by atomic mass is 127. The molecule has 9 heteroatoms. The number of hydrogen-bond donors (Lipinski definition) is 0. The zero-order valence-electron chi connectivity index (χ0n) is 16.1. The highest BCUT2D eigenvalue weighted by molar-refractivity contribution is 7.87. The summed E-state index contributed by atoms with van der Waals surface area (Å²) < 4.78 is 70.8. The molecule has 31 heavy (non-hydrogen) atoms. The Labute approximate surface area is 200 Å². The van der Waals surface area contributed by atoms with E-state index in [2.05, 4.69) is 0 Å². The van der Waals surface area contributed by atoms with Gasteiger partial charge >= 0.3 is 59.6 Å². The second kappa shape index (κ2) is 10.3. The van der Waals surface area contributed by atoms with Gasteiger partial charge in [0.2, 0.25) is 0 Å². The number of alkyl halides is 3. The fourth-order valence-electron chi connectivity index (χ4n) is 2.30. The second-order valence-electron chi connectivity index (χ2n) is 6.22. The van der Waals surface area contributed by atoms with Gasteiger partial charge in [0.1, 0.15) is 0 Å².